The van der Waals surface area contributed by atoms with E-state index in [0.717, 1.165) is 9.37 Å². The van der Waals surface area contributed by atoms with Crippen LogP contribution in [0.25, 0.3) is 0 Å². The molecule has 0 heterocycles. The van der Waals surface area contributed by atoms with Crippen LogP contribution in [0.5, 0.6) is 0 Å². The minimum Gasteiger partial charge on any atom is -0.346 e. The molecule has 0 fully saturated rings. The van der Waals surface area contributed by atoms with Crippen LogP contribution >= 0.6 is 27.7 Å². The summed E-state index contributed by atoms with van der Waals surface area (Å²) in [6.45, 7) is -0.128. The van der Waals surface area contributed by atoms with Gasteiger partial charge in [0.1, 0.15) is 5.82 Å². The summed E-state index contributed by atoms with van der Waals surface area (Å²) in [7, 11) is 0. The van der Waals surface area contributed by atoms with Gasteiger partial charge in [0.25, 0.3) is 0 Å². The van der Waals surface area contributed by atoms with Crippen LogP contribution in [0.2, 0.25) is 0 Å². The maximum Gasteiger partial charge on any atom is 0.243 e. The lowest BCUT2D eigenvalue weighted by atomic mass is 10.3. The molecule has 0 spiro atoms. The van der Waals surface area contributed by atoms with Crippen LogP contribution in [0.1, 0.15) is 0 Å². The van der Waals surface area contributed by atoms with Gasteiger partial charge in [-0.1, -0.05) is 15.9 Å². The molecule has 2 rings (SSSR count). The minimum absolute atomic E-state index is 0.128. The number of amides is 2. The number of rotatable bonds is 6. The van der Waals surface area contributed by atoms with Crippen molar-refractivity contribution in [2.75, 3.05) is 17.6 Å². The highest BCUT2D eigenvalue weighted by Crippen LogP contribution is 2.20. The zero-order valence-corrected chi connectivity index (χ0v) is 14.4. The van der Waals surface area contributed by atoms with E-state index in [0.29, 0.717) is 5.69 Å². The predicted molar refractivity (Wildman–Crippen MR) is 92.9 cm³/mol. The van der Waals surface area contributed by atoms with Crippen LogP contribution in [0.4, 0.5) is 10.1 Å². The van der Waals surface area contributed by atoms with E-state index >= 15 is 0 Å². The molecule has 2 N–H and O–H groups in total. The summed E-state index contributed by atoms with van der Waals surface area (Å²) >= 11 is 4.73. The molecule has 2 aromatic rings. The zero-order valence-electron chi connectivity index (χ0n) is 12.0. The van der Waals surface area contributed by atoms with Crippen LogP contribution < -0.4 is 10.6 Å². The Morgan fingerprint density at radius 2 is 1.65 bits per heavy atom. The molecule has 2 aromatic carbocycles. The summed E-state index contributed by atoms with van der Waals surface area (Å²) in [6, 6.07) is 13.0. The average Bonchev–Trinajstić information content (AvgIpc) is 2.54. The number of nitrogens with one attached hydrogen (secondary N) is 2. The molecule has 7 heteroatoms. The van der Waals surface area contributed by atoms with Gasteiger partial charge < -0.3 is 10.6 Å². The topological polar surface area (TPSA) is 58.2 Å². The van der Waals surface area contributed by atoms with E-state index in [1.54, 1.807) is 0 Å². The van der Waals surface area contributed by atoms with Gasteiger partial charge in [-0.15, -0.1) is 11.8 Å². The third kappa shape index (κ3) is 6.42. The Morgan fingerprint density at radius 3 is 2.30 bits per heavy atom. The number of carbonyl (C=O) groups excluding carboxylic acids is 2. The smallest absolute Gasteiger partial charge is 0.243 e. The summed E-state index contributed by atoms with van der Waals surface area (Å²) in [4.78, 5) is 24.4. The van der Waals surface area contributed by atoms with Crippen molar-refractivity contribution in [1.82, 2.24) is 5.32 Å². The van der Waals surface area contributed by atoms with Gasteiger partial charge in [-0.05, 0) is 48.5 Å². The molecule has 120 valence electrons. The van der Waals surface area contributed by atoms with E-state index in [4.69, 9.17) is 0 Å². The van der Waals surface area contributed by atoms with Crippen LogP contribution in [0.15, 0.2) is 57.9 Å². The molecular weight excluding hydrogens is 383 g/mol. The first-order valence-electron chi connectivity index (χ1n) is 6.73. The monoisotopic (exact) mass is 396 g/mol. The first kappa shape index (κ1) is 17.5. The number of hydrogen-bond donors (Lipinski definition) is 2. The molecule has 0 radical (unpaired) electrons. The Balaban J connectivity index is 1.70. The van der Waals surface area contributed by atoms with E-state index in [1.807, 2.05) is 24.3 Å². The van der Waals surface area contributed by atoms with E-state index in [-0.39, 0.29) is 29.9 Å². The highest BCUT2D eigenvalue weighted by molar-refractivity contribution is 9.10. The number of thioether (sulfide) groups is 1. The summed E-state index contributed by atoms with van der Waals surface area (Å²) in [5.74, 6) is -0.738. The molecule has 0 aliphatic carbocycles. The number of halogens is 2. The Hall–Kier alpha value is -1.86. The predicted octanol–water partition coefficient (Wildman–Crippen LogP) is 3.44. The lowest BCUT2D eigenvalue weighted by Gasteiger charge is -2.07. The van der Waals surface area contributed by atoms with E-state index in [9.17, 15) is 14.0 Å². The van der Waals surface area contributed by atoms with Gasteiger partial charge in [-0.2, -0.15) is 0 Å². The Morgan fingerprint density at radius 1 is 1.00 bits per heavy atom. The molecule has 0 atom stereocenters. The lowest BCUT2D eigenvalue weighted by Crippen LogP contribution is -2.33. The SMILES string of the molecule is O=C(CSc1ccc(Br)cc1)NCC(=O)Nc1ccc(F)cc1. The second kappa shape index (κ2) is 8.69. The summed E-state index contributed by atoms with van der Waals surface area (Å²) in [5, 5.41) is 5.11. The molecule has 0 aliphatic heterocycles. The van der Waals surface area contributed by atoms with Gasteiger partial charge in [0.15, 0.2) is 0 Å². The van der Waals surface area contributed by atoms with Crippen LogP contribution in [-0.2, 0) is 9.59 Å². The van der Waals surface area contributed by atoms with Crippen molar-refractivity contribution in [2.45, 2.75) is 4.90 Å². The number of hydrogen-bond acceptors (Lipinski definition) is 3. The van der Waals surface area contributed by atoms with Crippen LogP contribution in [-0.4, -0.2) is 24.1 Å². The van der Waals surface area contributed by atoms with Crippen molar-refractivity contribution >= 4 is 45.2 Å². The second-order valence-corrected chi connectivity index (χ2v) is 6.54. The third-order valence-corrected chi connectivity index (χ3v) is 4.30. The molecule has 0 aliphatic rings. The van der Waals surface area contributed by atoms with Gasteiger partial charge in [0.2, 0.25) is 11.8 Å². The largest absolute Gasteiger partial charge is 0.346 e. The van der Waals surface area contributed by atoms with Crippen molar-refractivity contribution in [3.63, 3.8) is 0 Å². The Bertz CT molecular complexity index is 677. The molecule has 4 nitrogen and oxygen atoms in total. The van der Waals surface area contributed by atoms with Gasteiger partial charge >= 0.3 is 0 Å². The molecule has 0 saturated carbocycles. The fourth-order valence-electron chi connectivity index (χ4n) is 1.65. The van der Waals surface area contributed by atoms with Crippen molar-refractivity contribution < 1.29 is 14.0 Å². The highest BCUT2D eigenvalue weighted by Gasteiger charge is 2.07. The summed E-state index contributed by atoms with van der Waals surface area (Å²) in [5.41, 5.74) is 0.481. The van der Waals surface area contributed by atoms with Crippen LogP contribution in [0, 0.1) is 5.82 Å². The fourth-order valence-corrected chi connectivity index (χ4v) is 2.64. The van der Waals surface area contributed by atoms with Crippen molar-refractivity contribution in [3.05, 3.63) is 58.8 Å². The molecule has 0 saturated heterocycles. The zero-order chi connectivity index (χ0) is 16.7. The summed E-state index contributed by atoms with van der Waals surface area (Å²) in [6.07, 6.45) is 0. The first-order valence-corrected chi connectivity index (χ1v) is 8.51. The van der Waals surface area contributed by atoms with E-state index in [2.05, 4.69) is 26.6 Å². The van der Waals surface area contributed by atoms with Gasteiger partial charge in [0.05, 0.1) is 12.3 Å². The Labute approximate surface area is 146 Å². The number of benzene rings is 2. The standard InChI is InChI=1S/C16H14BrFN2O2S/c17-11-1-7-14(8-2-11)23-10-16(22)19-9-15(21)20-13-5-3-12(18)4-6-13/h1-8H,9-10H2,(H,19,22)(H,20,21). The maximum absolute atomic E-state index is 12.8. The second-order valence-electron chi connectivity index (χ2n) is 4.57. The molecular formula is C16H14BrFN2O2S. The van der Waals surface area contributed by atoms with Gasteiger partial charge in [-0.25, -0.2) is 4.39 Å². The van der Waals surface area contributed by atoms with E-state index in [1.165, 1.54) is 36.0 Å². The maximum atomic E-state index is 12.8. The summed E-state index contributed by atoms with van der Waals surface area (Å²) < 4.78 is 13.7. The van der Waals surface area contributed by atoms with Gasteiger partial charge in [0, 0.05) is 15.1 Å². The normalized spacial score (nSPS) is 10.2. The molecule has 0 bridgehead atoms. The molecule has 23 heavy (non-hydrogen) atoms. The average molecular weight is 397 g/mol. The fraction of sp³-hybridized carbons (Fsp3) is 0.125. The van der Waals surface area contributed by atoms with E-state index < -0.39 is 0 Å². The quantitative estimate of drug-likeness (QED) is 0.735. The Kier molecular flexibility index (Phi) is 6.61. The number of anilines is 1. The highest BCUT2D eigenvalue weighted by atomic mass is 79.9. The number of carbonyl (C=O) groups is 2. The third-order valence-electron chi connectivity index (χ3n) is 2.76. The van der Waals surface area contributed by atoms with Crippen molar-refractivity contribution in [3.8, 4) is 0 Å². The van der Waals surface area contributed by atoms with Crippen molar-refractivity contribution in [1.29, 1.82) is 0 Å². The molecule has 0 aromatic heterocycles. The lowest BCUT2D eigenvalue weighted by molar-refractivity contribution is -0.122. The molecule has 2 amide bonds. The van der Waals surface area contributed by atoms with Crippen LogP contribution in [0.3, 0.4) is 0 Å². The molecule has 0 unspecified atom stereocenters. The van der Waals surface area contributed by atoms with Crippen molar-refractivity contribution in [2.24, 2.45) is 0 Å². The van der Waals surface area contributed by atoms with Gasteiger partial charge in [-0.3, -0.25) is 9.59 Å². The minimum atomic E-state index is -0.374. The first-order chi connectivity index (χ1) is 11.0.